The molecule has 0 saturated carbocycles. The molecule has 1 amide bonds. The molecular weight excluding hydrogens is 284 g/mol. The number of carbonyl (C=O) groups is 1. The second kappa shape index (κ2) is 5.58. The molecule has 1 unspecified atom stereocenters. The van der Waals surface area contributed by atoms with Gasteiger partial charge in [0.05, 0.1) is 16.8 Å². The van der Waals surface area contributed by atoms with Crippen LogP contribution in [0, 0.1) is 12.8 Å². The molecular formula is C16H18N2O2S. The largest absolute Gasteiger partial charge is 0.393 e. The van der Waals surface area contributed by atoms with Crippen molar-refractivity contribution in [2.45, 2.75) is 20.0 Å². The van der Waals surface area contributed by atoms with Crippen molar-refractivity contribution in [3.63, 3.8) is 0 Å². The highest BCUT2D eigenvalue weighted by atomic mass is 32.1. The zero-order valence-corrected chi connectivity index (χ0v) is 12.9. The summed E-state index contributed by atoms with van der Waals surface area (Å²) in [6.07, 6.45) is -0.343. The van der Waals surface area contributed by atoms with Crippen LogP contribution in [0.2, 0.25) is 0 Å². The van der Waals surface area contributed by atoms with Crippen molar-refractivity contribution in [1.29, 1.82) is 0 Å². The molecule has 1 aromatic heterocycles. The van der Waals surface area contributed by atoms with Gasteiger partial charge in [-0.25, -0.2) is 4.98 Å². The van der Waals surface area contributed by atoms with E-state index in [1.54, 1.807) is 23.2 Å². The Kier molecular flexibility index (Phi) is 3.78. The number of benzene rings is 1. The lowest BCUT2D eigenvalue weighted by atomic mass is 9.94. The smallest absolute Gasteiger partial charge is 0.253 e. The number of thiazole rings is 1. The maximum absolute atomic E-state index is 12.3. The predicted molar refractivity (Wildman–Crippen MR) is 83.4 cm³/mol. The van der Waals surface area contributed by atoms with E-state index >= 15 is 0 Å². The van der Waals surface area contributed by atoms with Gasteiger partial charge in [0.15, 0.2) is 0 Å². The number of nitrogens with zero attached hydrogens (tertiary/aromatic N) is 2. The molecule has 3 rings (SSSR count). The van der Waals surface area contributed by atoms with Crippen LogP contribution in [-0.2, 0) is 0 Å². The summed E-state index contributed by atoms with van der Waals surface area (Å²) in [6, 6.07) is 7.57. The fourth-order valence-electron chi connectivity index (χ4n) is 2.45. The number of likely N-dealkylation sites (tertiary alicyclic amines) is 1. The maximum Gasteiger partial charge on any atom is 0.253 e. The molecule has 21 heavy (non-hydrogen) atoms. The van der Waals surface area contributed by atoms with Gasteiger partial charge in [0, 0.05) is 35.5 Å². The molecule has 1 atom stereocenters. The van der Waals surface area contributed by atoms with E-state index in [1.807, 2.05) is 36.6 Å². The van der Waals surface area contributed by atoms with E-state index in [2.05, 4.69) is 4.98 Å². The fourth-order valence-corrected chi connectivity index (χ4v) is 3.07. The first-order valence-corrected chi connectivity index (χ1v) is 7.92. The number of aryl methyl sites for hydroxylation is 1. The third-order valence-corrected chi connectivity index (χ3v) is 4.70. The highest BCUT2D eigenvalue weighted by molar-refractivity contribution is 7.09. The van der Waals surface area contributed by atoms with Gasteiger partial charge in [-0.1, -0.05) is 12.1 Å². The maximum atomic E-state index is 12.3. The highest BCUT2D eigenvalue weighted by Gasteiger charge is 2.33. The molecule has 1 aliphatic rings. The van der Waals surface area contributed by atoms with Gasteiger partial charge < -0.3 is 10.0 Å². The lowest BCUT2D eigenvalue weighted by Gasteiger charge is -2.40. The summed E-state index contributed by atoms with van der Waals surface area (Å²) in [5.74, 6) is 0.249. The van der Waals surface area contributed by atoms with E-state index in [0.717, 1.165) is 16.3 Å². The van der Waals surface area contributed by atoms with E-state index in [1.165, 1.54) is 0 Å². The van der Waals surface area contributed by atoms with Gasteiger partial charge in [-0.2, -0.15) is 0 Å². The summed E-state index contributed by atoms with van der Waals surface area (Å²) < 4.78 is 0. The zero-order chi connectivity index (χ0) is 15.0. The van der Waals surface area contributed by atoms with Crippen molar-refractivity contribution >= 4 is 17.2 Å². The highest BCUT2D eigenvalue weighted by Crippen LogP contribution is 2.24. The molecule has 1 N–H and O–H groups in total. The van der Waals surface area contributed by atoms with Gasteiger partial charge in [0.2, 0.25) is 0 Å². The Morgan fingerprint density at radius 1 is 1.38 bits per heavy atom. The van der Waals surface area contributed by atoms with Gasteiger partial charge in [0.1, 0.15) is 0 Å². The van der Waals surface area contributed by atoms with Crippen molar-refractivity contribution in [2.24, 2.45) is 5.92 Å². The number of hydrogen-bond donors (Lipinski definition) is 1. The number of aliphatic hydroxyl groups excluding tert-OH is 1. The van der Waals surface area contributed by atoms with Crippen LogP contribution in [0.1, 0.15) is 22.3 Å². The minimum Gasteiger partial charge on any atom is -0.393 e. The third-order valence-electron chi connectivity index (χ3n) is 3.93. The molecule has 1 aromatic carbocycles. The van der Waals surface area contributed by atoms with Gasteiger partial charge in [-0.3, -0.25) is 4.79 Å². The lowest BCUT2D eigenvalue weighted by Crippen LogP contribution is -2.53. The van der Waals surface area contributed by atoms with Crippen LogP contribution in [-0.4, -0.2) is 40.1 Å². The Bertz CT molecular complexity index is 643. The van der Waals surface area contributed by atoms with Gasteiger partial charge in [-0.05, 0) is 26.0 Å². The van der Waals surface area contributed by atoms with Gasteiger partial charge in [-0.15, -0.1) is 11.3 Å². The standard InChI is InChI=1S/C16H18N2O2S/c1-10(19)14-7-18(8-14)16(20)13-5-3-12(4-6-13)15-9-21-11(2)17-15/h3-6,9-10,14,19H,7-8H2,1-2H3. The monoisotopic (exact) mass is 302 g/mol. The number of aromatic nitrogens is 1. The second-order valence-electron chi connectivity index (χ2n) is 5.54. The summed E-state index contributed by atoms with van der Waals surface area (Å²) in [4.78, 5) is 18.5. The van der Waals surface area contributed by atoms with E-state index in [-0.39, 0.29) is 17.9 Å². The van der Waals surface area contributed by atoms with E-state index in [0.29, 0.717) is 18.7 Å². The third kappa shape index (κ3) is 2.84. The molecule has 5 heteroatoms. The van der Waals surface area contributed by atoms with Crippen LogP contribution < -0.4 is 0 Å². The number of rotatable bonds is 3. The van der Waals surface area contributed by atoms with Crippen LogP contribution >= 0.6 is 11.3 Å². The van der Waals surface area contributed by atoms with Crippen molar-refractivity contribution < 1.29 is 9.90 Å². The van der Waals surface area contributed by atoms with Crippen molar-refractivity contribution in [3.05, 3.63) is 40.2 Å². The normalized spacial score (nSPS) is 16.6. The Morgan fingerprint density at radius 3 is 2.57 bits per heavy atom. The molecule has 0 bridgehead atoms. The van der Waals surface area contributed by atoms with E-state index in [4.69, 9.17) is 0 Å². The van der Waals surface area contributed by atoms with E-state index in [9.17, 15) is 9.90 Å². The number of aliphatic hydroxyl groups is 1. The summed E-state index contributed by atoms with van der Waals surface area (Å²) in [5.41, 5.74) is 2.67. The number of hydrogen-bond acceptors (Lipinski definition) is 4. The molecule has 1 aliphatic heterocycles. The Labute approximate surface area is 128 Å². The van der Waals surface area contributed by atoms with Crippen LogP contribution in [0.3, 0.4) is 0 Å². The van der Waals surface area contributed by atoms with Crippen LogP contribution in [0.25, 0.3) is 11.3 Å². The van der Waals surface area contributed by atoms with Crippen molar-refractivity contribution in [2.75, 3.05) is 13.1 Å². The molecule has 2 heterocycles. The average molecular weight is 302 g/mol. The minimum atomic E-state index is -0.343. The summed E-state index contributed by atoms with van der Waals surface area (Å²) in [7, 11) is 0. The Hall–Kier alpha value is -1.72. The first kappa shape index (κ1) is 14.2. The SMILES string of the molecule is Cc1nc(-c2ccc(C(=O)N3CC(C(C)O)C3)cc2)cs1. The average Bonchev–Trinajstić information content (AvgIpc) is 2.83. The van der Waals surface area contributed by atoms with Crippen molar-refractivity contribution in [3.8, 4) is 11.3 Å². The molecule has 1 fully saturated rings. The number of carbonyl (C=O) groups excluding carboxylic acids is 1. The molecule has 110 valence electrons. The molecule has 4 nitrogen and oxygen atoms in total. The summed E-state index contributed by atoms with van der Waals surface area (Å²) in [5, 5.41) is 12.5. The lowest BCUT2D eigenvalue weighted by molar-refractivity contribution is 0.00883. The molecule has 0 spiro atoms. The second-order valence-corrected chi connectivity index (χ2v) is 6.60. The van der Waals surface area contributed by atoms with Crippen LogP contribution in [0.4, 0.5) is 0 Å². The first-order chi connectivity index (χ1) is 10.0. The summed E-state index contributed by atoms with van der Waals surface area (Å²) >= 11 is 1.62. The van der Waals surface area contributed by atoms with Gasteiger partial charge in [0.25, 0.3) is 5.91 Å². The first-order valence-electron chi connectivity index (χ1n) is 7.04. The molecule has 0 aliphatic carbocycles. The quantitative estimate of drug-likeness (QED) is 0.948. The van der Waals surface area contributed by atoms with Crippen LogP contribution in [0.15, 0.2) is 29.6 Å². The Balaban J connectivity index is 1.69. The minimum absolute atomic E-state index is 0.0351. The fraction of sp³-hybridized carbons (Fsp3) is 0.375. The molecule has 2 aromatic rings. The van der Waals surface area contributed by atoms with Gasteiger partial charge >= 0.3 is 0 Å². The Morgan fingerprint density at radius 2 is 2.05 bits per heavy atom. The van der Waals surface area contributed by atoms with E-state index < -0.39 is 0 Å². The topological polar surface area (TPSA) is 53.4 Å². The molecule has 1 saturated heterocycles. The van der Waals surface area contributed by atoms with Crippen molar-refractivity contribution in [1.82, 2.24) is 9.88 Å². The summed E-state index contributed by atoms with van der Waals surface area (Å²) in [6.45, 7) is 5.04. The number of amides is 1. The molecule has 0 radical (unpaired) electrons. The van der Waals surface area contributed by atoms with Crippen LogP contribution in [0.5, 0.6) is 0 Å². The predicted octanol–water partition coefficient (Wildman–Crippen LogP) is 2.57. The zero-order valence-electron chi connectivity index (χ0n) is 12.1.